The van der Waals surface area contributed by atoms with Gasteiger partial charge in [0.2, 0.25) is 15.9 Å². The van der Waals surface area contributed by atoms with Crippen molar-refractivity contribution in [1.29, 1.82) is 5.26 Å². The molecule has 1 saturated carbocycles. The van der Waals surface area contributed by atoms with Crippen molar-refractivity contribution in [2.24, 2.45) is 5.92 Å². The summed E-state index contributed by atoms with van der Waals surface area (Å²) in [5.41, 5.74) is 1.56. The van der Waals surface area contributed by atoms with Crippen molar-refractivity contribution >= 4 is 15.9 Å². The zero-order valence-corrected chi connectivity index (χ0v) is 22.2. The minimum absolute atomic E-state index is 0.00113. The molecule has 0 radical (unpaired) electrons. The van der Waals surface area contributed by atoms with Crippen LogP contribution in [-0.4, -0.2) is 55.8 Å². The van der Waals surface area contributed by atoms with Gasteiger partial charge in [0.1, 0.15) is 11.9 Å². The molecule has 3 fully saturated rings. The van der Waals surface area contributed by atoms with E-state index in [0.29, 0.717) is 28.7 Å². The summed E-state index contributed by atoms with van der Waals surface area (Å²) >= 11 is 0. The molecule has 1 aliphatic carbocycles. The number of benzene rings is 2. The highest BCUT2D eigenvalue weighted by Gasteiger charge is 2.43. The van der Waals surface area contributed by atoms with Crippen LogP contribution in [0.3, 0.4) is 0 Å². The molecule has 0 spiro atoms. The van der Waals surface area contributed by atoms with E-state index in [1.165, 1.54) is 18.2 Å². The van der Waals surface area contributed by atoms with Gasteiger partial charge >= 0.3 is 0 Å². The van der Waals surface area contributed by atoms with Gasteiger partial charge in [-0.05, 0) is 72.9 Å². The number of nitrogens with zero attached hydrogens (tertiary/aromatic N) is 2. The summed E-state index contributed by atoms with van der Waals surface area (Å²) in [4.78, 5) is 12.6. The SMILES string of the molecule is N#CC(CCc1ccc(-c2ccc(S(=O)(=O)N3CCC(F)(F)CC3)cc2)cc1F)NC(=O)C1NC2CCC1C2. The summed E-state index contributed by atoms with van der Waals surface area (Å²) in [5.74, 6) is -3.17. The van der Waals surface area contributed by atoms with Crippen molar-refractivity contribution in [3.63, 3.8) is 0 Å². The smallest absolute Gasteiger partial charge is 0.250 e. The Bertz CT molecular complexity index is 1370. The number of hydrogen-bond acceptors (Lipinski definition) is 5. The van der Waals surface area contributed by atoms with Crippen LogP contribution in [0.15, 0.2) is 47.4 Å². The number of alkyl halides is 2. The Hall–Kier alpha value is -2.94. The molecule has 208 valence electrons. The van der Waals surface area contributed by atoms with E-state index in [0.717, 1.165) is 23.6 Å². The molecule has 1 amide bonds. The Morgan fingerprint density at radius 3 is 2.41 bits per heavy atom. The van der Waals surface area contributed by atoms with Gasteiger partial charge in [0.25, 0.3) is 5.92 Å². The Kier molecular flexibility index (Phi) is 7.73. The Morgan fingerprint density at radius 2 is 1.82 bits per heavy atom. The van der Waals surface area contributed by atoms with Crippen LogP contribution in [0.1, 0.15) is 44.1 Å². The summed E-state index contributed by atoms with van der Waals surface area (Å²) < 4.78 is 68.5. The maximum absolute atomic E-state index is 14.9. The fourth-order valence-corrected chi connectivity index (χ4v) is 7.27. The predicted octanol–water partition coefficient (Wildman–Crippen LogP) is 3.99. The predicted molar refractivity (Wildman–Crippen MR) is 139 cm³/mol. The van der Waals surface area contributed by atoms with Gasteiger partial charge in [-0.1, -0.05) is 24.3 Å². The number of fused-ring (bicyclic) bond motifs is 2. The van der Waals surface area contributed by atoms with Crippen LogP contribution in [0.25, 0.3) is 11.1 Å². The van der Waals surface area contributed by atoms with Crippen LogP contribution in [0.5, 0.6) is 0 Å². The number of nitriles is 1. The molecule has 11 heteroatoms. The molecule has 2 heterocycles. The van der Waals surface area contributed by atoms with E-state index in [4.69, 9.17) is 0 Å². The Labute approximate surface area is 226 Å². The number of halogens is 3. The molecular weight excluding hydrogens is 529 g/mol. The number of rotatable bonds is 8. The summed E-state index contributed by atoms with van der Waals surface area (Å²) in [6, 6.07) is 12.1. The van der Waals surface area contributed by atoms with Crippen LogP contribution in [-0.2, 0) is 21.2 Å². The molecule has 2 aliphatic heterocycles. The third kappa shape index (κ3) is 5.98. The standard InChI is InChI=1S/C28H31F3N4O3S/c29-25-16-20(18-5-9-24(10-6-18)39(37,38)35-13-11-28(30,31)12-14-35)2-1-19(25)3-8-23(17-32)34-27(36)26-21-4-7-22(15-21)33-26/h1-2,5-6,9-10,16,21-23,26,33H,3-4,7-8,11-15H2,(H,34,36). The fraction of sp³-hybridized carbons (Fsp3) is 0.500. The number of amides is 1. The van der Waals surface area contributed by atoms with Crippen LogP contribution in [0.4, 0.5) is 13.2 Å². The highest BCUT2D eigenvalue weighted by atomic mass is 32.2. The molecular formula is C28H31F3N4O3S. The van der Waals surface area contributed by atoms with Gasteiger partial charge in [0.05, 0.1) is 17.0 Å². The number of piperidine rings is 2. The minimum Gasteiger partial charge on any atom is -0.339 e. The Balaban J connectivity index is 1.19. The van der Waals surface area contributed by atoms with Crippen molar-refractivity contribution in [2.75, 3.05) is 13.1 Å². The van der Waals surface area contributed by atoms with Crippen LogP contribution in [0.2, 0.25) is 0 Å². The highest BCUT2D eigenvalue weighted by Crippen LogP contribution is 2.35. The van der Waals surface area contributed by atoms with Crippen LogP contribution in [0, 0.1) is 23.1 Å². The zero-order valence-electron chi connectivity index (χ0n) is 21.4. The van der Waals surface area contributed by atoms with Crippen molar-refractivity contribution in [2.45, 2.75) is 73.9 Å². The van der Waals surface area contributed by atoms with Gasteiger partial charge in [-0.25, -0.2) is 21.6 Å². The van der Waals surface area contributed by atoms with Gasteiger partial charge in [-0.15, -0.1) is 0 Å². The summed E-state index contributed by atoms with van der Waals surface area (Å²) in [6.07, 6.45) is 2.62. The summed E-state index contributed by atoms with van der Waals surface area (Å²) in [5, 5.41) is 15.6. The first kappa shape index (κ1) is 27.6. The number of carbonyl (C=O) groups is 1. The summed E-state index contributed by atoms with van der Waals surface area (Å²) in [6.45, 7) is -0.475. The van der Waals surface area contributed by atoms with E-state index >= 15 is 0 Å². The third-order valence-corrected chi connectivity index (χ3v) is 10.1. The van der Waals surface area contributed by atoms with Crippen LogP contribution >= 0.6 is 0 Å². The lowest BCUT2D eigenvalue weighted by Gasteiger charge is -2.30. The molecule has 2 bridgehead atoms. The molecule has 0 aromatic heterocycles. The Morgan fingerprint density at radius 1 is 1.13 bits per heavy atom. The second kappa shape index (κ2) is 10.9. The van der Waals surface area contributed by atoms with Crippen LogP contribution < -0.4 is 10.6 Å². The van der Waals surface area contributed by atoms with Gasteiger partial charge < -0.3 is 10.6 Å². The molecule has 2 saturated heterocycles. The monoisotopic (exact) mass is 560 g/mol. The second-order valence-corrected chi connectivity index (χ2v) is 12.7. The average Bonchev–Trinajstić information content (AvgIpc) is 3.55. The summed E-state index contributed by atoms with van der Waals surface area (Å²) in [7, 11) is -3.90. The molecule has 2 aromatic rings. The third-order valence-electron chi connectivity index (χ3n) is 8.15. The topological polar surface area (TPSA) is 102 Å². The quantitative estimate of drug-likeness (QED) is 0.508. The molecule has 39 heavy (non-hydrogen) atoms. The van der Waals surface area contributed by atoms with Gasteiger partial charge in [0, 0.05) is 32.0 Å². The van der Waals surface area contributed by atoms with Gasteiger partial charge in [-0.2, -0.15) is 9.57 Å². The molecule has 2 N–H and O–H groups in total. The fourth-order valence-electron chi connectivity index (χ4n) is 5.83. The van der Waals surface area contributed by atoms with Crippen molar-refractivity contribution in [3.05, 3.63) is 53.8 Å². The number of nitrogens with one attached hydrogen (secondary N) is 2. The molecule has 7 nitrogen and oxygen atoms in total. The minimum atomic E-state index is -3.90. The van der Waals surface area contributed by atoms with Crippen molar-refractivity contribution < 1.29 is 26.4 Å². The normalized spacial score (nSPS) is 25.2. The van der Waals surface area contributed by atoms with E-state index in [2.05, 4.69) is 16.7 Å². The average molecular weight is 561 g/mol. The number of sulfonamides is 1. The number of hydrogen-bond donors (Lipinski definition) is 2. The van der Waals surface area contributed by atoms with Crippen molar-refractivity contribution in [1.82, 2.24) is 14.9 Å². The number of aryl methyl sites for hydroxylation is 1. The lowest BCUT2D eigenvalue weighted by atomic mass is 9.98. The highest BCUT2D eigenvalue weighted by molar-refractivity contribution is 7.89. The first-order valence-electron chi connectivity index (χ1n) is 13.3. The number of carbonyl (C=O) groups excluding carboxylic acids is 1. The second-order valence-electron chi connectivity index (χ2n) is 10.7. The molecule has 2 aromatic carbocycles. The first-order valence-corrected chi connectivity index (χ1v) is 14.7. The van der Waals surface area contributed by atoms with Gasteiger partial charge in [-0.3, -0.25) is 4.79 Å². The lowest BCUT2D eigenvalue weighted by Crippen LogP contribution is -2.50. The maximum atomic E-state index is 14.9. The first-order chi connectivity index (χ1) is 18.6. The van der Waals surface area contributed by atoms with Crippen molar-refractivity contribution in [3.8, 4) is 17.2 Å². The van der Waals surface area contributed by atoms with E-state index in [1.54, 1.807) is 24.3 Å². The molecule has 5 rings (SSSR count). The largest absolute Gasteiger partial charge is 0.339 e. The maximum Gasteiger partial charge on any atom is 0.250 e. The molecule has 3 aliphatic rings. The molecule has 4 atom stereocenters. The lowest BCUT2D eigenvalue weighted by molar-refractivity contribution is -0.124. The molecule has 4 unspecified atom stereocenters. The van der Waals surface area contributed by atoms with E-state index < -0.39 is 40.6 Å². The van der Waals surface area contributed by atoms with E-state index in [1.807, 2.05) is 0 Å². The zero-order chi connectivity index (χ0) is 27.8. The van der Waals surface area contributed by atoms with E-state index in [9.17, 15) is 31.6 Å². The van der Waals surface area contributed by atoms with Gasteiger partial charge in [0.15, 0.2) is 0 Å². The van der Waals surface area contributed by atoms with E-state index in [-0.39, 0.29) is 42.8 Å².